The number of H-pyrrole nitrogens is 1. The summed E-state index contributed by atoms with van der Waals surface area (Å²) >= 11 is 0. The first-order valence-electron chi connectivity index (χ1n) is 9.05. The van der Waals surface area contributed by atoms with E-state index in [-0.39, 0.29) is 17.6 Å². The second kappa shape index (κ2) is 6.25. The van der Waals surface area contributed by atoms with Gasteiger partial charge in [-0.15, -0.1) is 0 Å². The second-order valence-corrected chi connectivity index (χ2v) is 8.47. The van der Waals surface area contributed by atoms with Crippen LogP contribution in [0.4, 0.5) is 4.79 Å². The SMILES string of the molecule is CC(C)(C)OC(=O)NC1CN(Cc2cccc3cn[nH]c23)CC12COC2. The van der Waals surface area contributed by atoms with E-state index in [1.165, 1.54) is 5.56 Å². The number of nitrogens with one attached hydrogen (secondary N) is 2. The lowest BCUT2D eigenvalue weighted by Gasteiger charge is -2.42. The number of carbonyl (C=O) groups excluding carboxylic acids is 1. The van der Waals surface area contributed by atoms with Crippen LogP contribution in [-0.4, -0.2) is 59.1 Å². The second-order valence-electron chi connectivity index (χ2n) is 8.47. The Morgan fingerprint density at radius 3 is 2.96 bits per heavy atom. The number of aromatic amines is 1. The van der Waals surface area contributed by atoms with Crippen LogP contribution >= 0.6 is 0 Å². The largest absolute Gasteiger partial charge is 0.444 e. The molecule has 1 aromatic carbocycles. The molecule has 1 atom stereocenters. The molecule has 7 heteroatoms. The van der Waals surface area contributed by atoms with Gasteiger partial charge in [-0.3, -0.25) is 10.00 Å². The van der Waals surface area contributed by atoms with Crippen LogP contribution in [0.25, 0.3) is 10.9 Å². The van der Waals surface area contributed by atoms with Crippen molar-refractivity contribution in [2.75, 3.05) is 26.3 Å². The van der Waals surface area contributed by atoms with E-state index >= 15 is 0 Å². The molecule has 3 heterocycles. The lowest BCUT2D eigenvalue weighted by molar-refractivity contribution is -0.116. The Hall–Kier alpha value is -2.12. The van der Waals surface area contributed by atoms with Crippen molar-refractivity contribution < 1.29 is 14.3 Å². The Kier molecular flexibility index (Phi) is 4.16. The number of hydrogen-bond acceptors (Lipinski definition) is 5. The summed E-state index contributed by atoms with van der Waals surface area (Å²) in [5, 5.41) is 11.4. The molecule has 0 aliphatic carbocycles. The summed E-state index contributed by atoms with van der Waals surface area (Å²) < 4.78 is 10.9. The molecule has 1 unspecified atom stereocenters. The van der Waals surface area contributed by atoms with Crippen LogP contribution in [-0.2, 0) is 16.0 Å². The third-order valence-corrected chi connectivity index (χ3v) is 5.15. The summed E-state index contributed by atoms with van der Waals surface area (Å²) in [6, 6.07) is 6.27. The van der Waals surface area contributed by atoms with Gasteiger partial charge in [0.15, 0.2) is 0 Å². The number of hydrogen-bond donors (Lipinski definition) is 2. The topological polar surface area (TPSA) is 79.5 Å². The molecule has 140 valence electrons. The Balaban J connectivity index is 1.46. The van der Waals surface area contributed by atoms with Crippen LogP contribution in [0.3, 0.4) is 0 Å². The number of benzene rings is 1. The summed E-state index contributed by atoms with van der Waals surface area (Å²) in [5.74, 6) is 0. The van der Waals surface area contributed by atoms with Gasteiger partial charge in [0.25, 0.3) is 0 Å². The molecule has 2 fully saturated rings. The van der Waals surface area contributed by atoms with Gasteiger partial charge in [-0.05, 0) is 26.3 Å². The molecule has 2 N–H and O–H groups in total. The number of nitrogens with zero attached hydrogens (tertiary/aromatic N) is 2. The highest BCUT2D eigenvalue weighted by atomic mass is 16.6. The minimum atomic E-state index is -0.498. The van der Waals surface area contributed by atoms with Gasteiger partial charge in [0.1, 0.15) is 5.60 Å². The number of alkyl carbamates (subject to hydrolysis) is 1. The first-order chi connectivity index (χ1) is 12.3. The maximum atomic E-state index is 12.2. The third kappa shape index (κ3) is 3.29. The Morgan fingerprint density at radius 1 is 1.46 bits per heavy atom. The number of ether oxygens (including phenoxy) is 2. The minimum Gasteiger partial charge on any atom is -0.444 e. The van der Waals surface area contributed by atoms with E-state index in [1.807, 2.05) is 27.0 Å². The molecule has 2 aliphatic rings. The van der Waals surface area contributed by atoms with Gasteiger partial charge in [-0.1, -0.05) is 18.2 Å². The Bertz CT molecular complexity index is 806. The summed E-state index contributed by atoms with van der Waals surface area (Å²) in [4.78, 5) is 14.6. The van der Waals surface area contributed by atoms with Crippen LogP contribution in [0.1, 0.15) is 26.3 Å². The minimum absolute atomic E-state index is 0.0151. The van der Waals surface area contributed by atoms with Crippen molar-refractivity contribution in [3.8, 4) is 0 Å². The number of carbonyl (C=O) groups is 1. The first kappa shape index (κ1) is 17.3. The molecule has 7 nitrogen and oxygen atoms in total. The predicted molar refractivity (Wildman–Crippen MR) is 97.8 cm³/mol. The van der Waals surface area contributed by atoms with Gasteiger partial charge in [0.05, 0.1) is 36.4 Å². The first-order valence-corrected chi connectivity index (χ1v) is 9.05. The molecule has 0 bridgehead atoms. The summed E-state index contributed by atoms with van der Waals surface area (Å²) in [6.07, 6.45) is 1.49. The summed E-state index contributed by atoms with van der Waals surface area (Å²) in [6.45, 7) is 9.48. The van der Waals surface area contributed by atoms with E-state index in [0.717, 1.165) is 30.5 Å². The zero-order valence-corrected chi connectivity index (χ0v) is 15.5. The van der Waals surface area contributed by atoms with Crippen molar-refractivity contribution in [1.82, 2.24) is 20.4 Å². The number of rotatable bonds is 3. The molecular weight excluding hydrogens is 332 g/mol. The van der Waals surface area contributed by atoms with Gasteiger partial charge in [0, 0.05) is 25.0 Å². The molecule has 0 radical (unpaired) electrons. The van der Waals surface area contributed by atoms with Crippen molar-refractivity contribution in [1.29, 1.82) is 0 Å². The monoisotopic (exact) mass is 358 g/mol. The van der Waals surface area contributed by atoms with Gasteiger partial charge >= 0.3 is 6.09 Å². The van der Waals surface area contributed by atoms with Gasteiger partial charge in [0.2, 0.25) is 0 Å². The predicted octanol–water partition coefficient (Wildman–Crippen LogP) is 2.29. The number of aromatic nitrogens is 2. The fourth-order valence-corrected chi connectivity index (χ4v) is 3.90. The van der Waals surface area contributed by atoms with Gasteiger partial charge in [-0.2, -0.15) is 5.10 Å². The fourth-order valence-electron chi connectivity index (χ4n) is 3.90. The molecule has 2 aliphatic heterocycles. The van der Waals surface area contributed by atoms with Crippen LogP contribution in [0.2, 0.25) is 0 Å². The zero-order valence-electron chi connectivity index (χ0n) is 15.5. The average molecular weight is 358 g/mol. The van der Waals surface area contributed by atoms with Crippen LogP contribution < -0.4 is 5.32 Å². The van der Waals surface area contributed by atoms with Crippen molar-refractivity contribution in [2.45, 2.75) is 39.0 Å². The Labute approximate surface area is 153 Å². The molecule has 1 aromatic heterocycles. The standard InChI is InChI=1S/C19H26N4O3/c1-18(2,3)26-17(24)21-15-9-23(10-19(15)11-25-12-19)8-14-6-4-5-13-7-20-22-16(13)14/h4-7,15H,8-12H2,1-3H3,(H,20,22)(H,21,24). The highest BCUT2D eigenvalue weighted by Gasteiger charge is 2.52. The molecule has 4 rings (SSSR count). The third-order valence-electron chi connectivity index (χ3n) is 5.15. The van der Waals surface area contributed by atoms with E-state index in [0.29, 0.717) is 13.2 Å². The highest BCUT2D eigenvalue weighted by Crippen LogP contribution is 2.39. The molecule has 1 spiro atoms. The quantitative estimate of drug-likeness (QED) is 0.880. The van der Waals surface area contributed by atoms with E-state index in [9.17, 15) is 4.79 Å². The number of fused-ring (bicyclic) bond motifs is 1. The lowest BCUT2D eigenvalue weighted by Crippen LogP contribution is -2.58. The summed E-state index contributed by atoms with van der Waals surface area (Å²) in [7, 11) is 0. The number of likely N-dealkylation sites (tertiary alicyclic amines) is 1. The van der Waals surface area contributed by atoms with Crippen molar-refractivity contribution >= 4 is 17.0 Å². The number of para-hydroxylation sites is 1. The van der Waals surface area contributed by atoms with E-state index in [4.69, 9.17) is 9.47 Å². The maximum Gasteiger partial charge on any atom is 0.407 e. The zero-order chi connectivity index (χ0) is 18.4. The van der Waals surface area contributed by atoms with Crippen LogP contribution in [0.15, 0.2) is 24.4 Å². The maximum absolute atomic E-state index is 12.2. The molecule has 2 aromatic rings. The number of amides is 1. The van der Waals surface area contributed by atoms with E-state index in [1.54, 1.807) is 0 Å². The smallest absolute Gasteiger partial charge is 0.407 e. The van der Waals surface area contributed by atoms with Crippen molar-refractivity contribution in [3.63, 3.8) is 0 Å². The highest BCUT2D eigenvalue weighted by molar-refractivity contribution is 5.81. The van der Waals surface area contributed by atoms with Crippen LogP contribution in [0.5, 0.6) is 0 Å². The molecular formula is C19H26N4O3. The molecule has 26 heavy (non-hydrogen) atoms. The summed E-state index contributed by atoms with van der Waals surface area (Å²) in [5.41, 5.74) is 1.78. The van der Waals surface area contributed by atoms with Crippen molar-refractivity contribution in [2.24, 2.45) is 5.41 Å². The Morgan fingerprint density at radius 2 is 2.27 bits per heavy atom. The molecule has 2 saturated heterocycles. The molecule has 0 saturated carbocycles. The van der Waals surface area contributed by atoms with E-state index in [2.05, 4.69) is 38.6 Å². The normalized spacial score (nSPS) is 22.5. The van der Waals surface area contributed by atoms with E-state index < -0.39 is 5.60 Å². The van der Waals surface area contributed by atoms with Gasteiger partial charge < -0.3 is 14.8 Å². The average Bonchev–Trinajstić information content (AvgIpc) is 3.10. The van der Waals surface area contributed by atoms with Gasteiger partial charge in [-0.25, -0.2) is 4.79 Å². The van der Waals surface area contributed by atoms with Crippen molar-refractivity contribution in [3.05, 3.63) is 30.0 Å². The van der Waals surface area contributed by atoms with Crippen LogP contribution in [0, 0.1) is 5.41 Å². The molecule has 1 amide bonds. The fraction of sp³-hybridized carbons (Fsp3) is 0.579. The lowest BCUT2D eigenvalue weighted by atomic mass is 9.81.